The van der Waals surface area contributed by atoms with Gasteiger partial charge < -0.3 is 9.84 Å². The lowest BCUT2D eigenvalue weighted by atomic mass is 9.76. The van der Waals surface area contributed by atoms with Crippen molar-refractivity contribution in [2.24, 2.45) is 5.92 Å². The standard InChI is InChI=1S/C21H26Cl2O2/c1-14(5-6-15-7-10-19(24)20(11-15)25-4)13-21(2,3)16-8-9-17(22)18(23)12-16/h7-12,14,24H,5-6,13H2,1-4H3. The van der Waals surface area contributed by atoms with E-state index in [1.165, 1.54) is 11.1 Å². The van der Waals surface area contributed by atoms with Gasteiger partial charge in [-0.25, -0.2) is 0 Å². The van der Waals surface area contributed by atoms with Crippen molar-refractivity contribution in [2.75, 3.05) is 7.11 Å². The predicted octanol–water partition coefficient (Wildman–Crippen LogP) is 6.64. The van der Waals surface area contributed by atoms with Crippen molar-refractivity contribution in [3.8, 4) is 11.5 Å². The van der Waals surface area contributed by atoms with Crippen molar-refractivity contribution in [3.63, 3.8) is 0 Å². The van der Waals surface area contributed by atoms with Crippen LogP contribution in [0.15, 0.2) is 36.4 Å². The number of aryl methyl sites for hydroxylation is 1. The van der Waals surface area contributed by atoms with Crippen LogP contribution in [-0.2, 0) is 11.8 Å². The van der Waals surface area contributed by atoms with Crippen molar-refractivity contribution in [1.29, 1.82) is 0 Å². The van der Waals surface area contributed by atoms with Crippen molar-refractivity contribution < 1.29 is 9.84 Å². The molecule has 2 aromatic carbocycles. The maximum Gasteiger partial charge on any atom is 0.160 e. The van der Waals surface area contributed by atoms with Crippen molar-refractivity contribution >= 4 is 23.2 Å². The Hall–Kier alpha value is -1.38. The Balaban J connectivity index is 1.98. The lowest BCUT2D eigenvalue weighted by Gasteiger charge is -2.29. The molecule has 4 heteroatoms. The molecule has 0 amide bonds. The minimum absolute atomic E-state index is 0.0281. The number of benzene rings is 2. The highest BCUT2D eigenvalue weighted by Gasteiger charge is 2.24. The van der Waals surface area contributed by atoms with Gasteiger partial charge in [0.15, 0.2) is 11.5 Å². The monoisotopic (exact) mass is 380 g/mol. The highest BCUT2D eigenvalue weighted by atomic mass is 35.5. The summed E-state index contributed by atoms with van der Waals surface area (Å²) in [4.78, 5) is 0. The molecule has 0 aromatic heterocycles. The summed E-state index contributed by atoms with van der Waals surface area (Å²) < 4.78 is 5.18. The van der Waals surface area contributed by atoms with Gasteiger partial charge in [0.2, 0.25) is 0 Å². The number of halogens is 2. The molecule has 1 atom stereocenters. The number of phenols is 1. The number of phenolic OH excluding ortho intramolecular Hbond substituents is 1. The highest BCUT2D eigenvalue weighted by molar-refractivity contribution is 6.42. The molecule has 0 aliphatic carbocycles. The maximum atomic E-state index is 9.69. The summed E-state index contributed by atoms with van der Waals surface area (Å²) in [7, 11) is 1.57. The molecule has 0 saturated heterocycles. The third-order valence-electron chi connectivity index (χ3n) is 4.73. The topological polar surface area (TPSA) is 29.5 Å². The maximum absolute atomic E-state index is 9.69. The molecule has 0 radical (unpaired) electrons. The minimum atomic E-state index is 0.0281. The molecule has 136 valence electrons. The summed E-state index contributed by atoms with van der Waals surface area (Å²) >= 11 is 12.2. The van der Waals surface area contributed by atoms with E-state index in [-0.39, 0.29) is 11.2 Å². The lowest BCUT2D eigenvalue weighted by Crippen LogP contribution is -2.21. The number of rotatable bonds is 7. The van der Waals surface area contributed by atoms with Crippen LogP contribution in [0.2, 0.25) is 10.0 Å². The van der Waals surface area contributed by atoms with E-state index in [2.05, 4.69) is 26.8 Å². The van der Waals surface area contributed by atoms with Gasteiger partial charge in [-0.1, -0.05) is 56.1 Å². The van der Waals surface area contributed by atoms with E-state index in [1.807, 2.05) is 24.3 Å². The lowest BCUT2D eigenvalue weighted by molar-refractivity contribution is 0.361. The third kappa shape index (κ3) is 5.29. The zero-order chi connectivity index (χ0) is 18.6. The van der Waals surface area contributed by atoms with Crippen LogP contribution in [0.1, 0.15) is 44.7 Å². The molecule has 0 heterocycles. The van der Waals surface area contributed by atoms with E-state index >= 15 is 0 Å². The molecule has 0 bridgehead atoms. The van der Waals surface area contributed by atoms with Gasteiger partial charge in [0.05, 0.1) is 17.2 Å². The highest BCUT2D eigenvalue weighted by Crippen LogP contribution is 2.35. The first-order chi connectivity index (χ1) is 11.7. The van der Waals surface area contributed by atoms with Gasteiger partial charge in [-0.2, -0.15) is 0 Å². The average molecular weight is 381 g/mol. The number of methoxy groups -OCH3 is 1. The molecule has 0 aliphatic rings. The van der Waals surface area contributed by atoms with Gasteiger partial charge in [0.25, 0.3) is 0 Å². The molecule has 1 unspecified atom stereocenters. The first kappa shape index (κ1) is 19.9. The molecule has 2 rings (SSSR count). The number of ether oxygens (including phenoxy) is 1. The summed E-state index contributed by atoms with van der Waals surface area (Å²) in [5.74, 6) is 1.26. The molecule has 0 fully saturated rings. The van der Waals surface area contributed by atoms with Gasteiger partial charge in [0.1, 0.15) is 0 Å². The first-order valence-electron chi connectivity index (χ1n) is 8.54. The van der Waals surface area contributed by atoms with Crippen LogP contribution in [0.25, 0.3) is 0 Å². The minimum Gasteiger partial charge on any atom is -0.504 e. The van der Waals surface area contributed by atoms with Gasteiger partial charge >= 0.3 is 0 Å². The van der Waals surface area contributed by atoms with Crippen molar-refractivity contribution in [1.82, 2.24) is 0 Å². The van der Waals surface area contributed by atoms with Crippen LogP contribution in [0.4, 0.5) is 0 Å². The molecular weight excluding hydrogens is 355 g/mol. The van der Waals surface area contributed by atoms with E-state index in [4.69, 9.17) is 27.9 Å². The van der Waals surface area contributed by atoms with Crippen LogP contribution in [-0.4, -0.2) is 12.2 Å². The Kier molecular flexibility index (Phi) is 6.65. The van der Waals surface area contributed by atoms with Crippen LogP contribution in [0.5, 0.6) is 11.5 Å². The van der Waals surface area contributed by atoms with E-state index < -0.39 is 0 Å². The summed E-state index contributed by atoms with van der Waals surface area (Å²) in [6, 6.07) is 11.5. The molecule has 2 aromatic rings. The van der Waals surface area contributed by atoms with Crippen LogP contribution in [0, 0.1) is 5.92 Å². The molecule has 0 saturated carbocycles. The molecular formula is C21H26Cl2O2. The predicted molar refractivity (Wildman–Crippen MR) is 106 cm³/mol. The molecule has 25 heavy (non-hydrogen) atoms. The normalized spacial score (nSPS) is 12.9. The Morgan fingerprint density at radius 1 is 1.08 bits per heavy atom. The summed E-state index contributed by atoms with van der Waals surface area (Å²) in [5, 5.41) is 10.9. The zero-order valence-electron chi connectivity index (χ0n) is 15.3. The number of hydrogen-bond acceptors (Lipinski definition) is 2. The van der Waals surface area contributed by atoms with Gasteiger partial charge in [0, 0.05) is 0 Å². The quantitative estimate of drug-likeness (QED) is 0.582. The SMILES string of the molecule is COc1cc(CCC(C)CC(C)(C)c2ccc(Cl)c(Cl)c2)ccc1O. The van der Waals surface area contributed by atoms with Crippen LogP contribution < -0.4 is 4.74 Å². The zero-order valence-corrected chi connectivity index (χ0v) is 16.8. The van der Waals surface area contributed by atoms with Crippen molar-refractivity contribution in [2.45, 2.75) is 45.4 Å². The smallest absolute Gasteiger partial charge is 0.160 e. The van der Waals surface area contributed by atoms with E-state index in [0.717, 1.165) is 19.3 Å². The second-order valence-corrected chi connectivity index (χ2v) is 8.18. The Morgan fingerprint density at radius 2 is 1.80 bits per heavy atom. The van der Waals surface area contributed by atoms with Crippen LogP contribution in [0.3, 0.4) is 0 Å². The summed E-state index contributed by atoms with van der Waals surface area (Å²) in [6.07, 6.45) is 3.08. The first-order valence-corrected chi connectivity index (χ1v) is 9.30. The van der Waals surface area contributed by atoms with Gasteiger partial charge in [-0.15, -0.1) is 0 Å². The fourth-order valence-electron chi connectivity index (χ4n) is 3.30. The number of hydrogen-bond donors (Lipinski definition) is 1. The van der Waals surface area contributed by atoms with Crippen molar-refractivity contribution in [3.05, 3.63) is 57.6 Å². The molecule has 0 spiro atoms. The fraction of sp³-hybridized carbons (Fsp3) is 0.429. The summed E-state index contributed by atoms with van der Waals surface area (Å²) in [5.41, 5.74) is 2.41. The molecule has 1 N–H and O–H groups in total. The Morgan fingerprint density at radius 3 is 2.44 bits per heavy atom. The van der Waals surface area contributed by atoms with Gasteiger partial charge in [-0.05, 0) is 66.0 Å². The molecule has 0 aliphatic heterocycles. The second-order valence-electron chi connectivity index (χ2n) is 7.37. The van der Waals surface area contributed by atoms with Crippen LogP contribution >= 0.6 is 23.2 Å². The second kappa shape index (κ2) is 8.33. The number of aromatic hydroxyl groups is 1. The van der Waals surface area contributed by atoms with E-state index in [1.54, 1.807) is 13.2 Å². The Labute approximate surface area is 160 Å². The van der Waals surface area contributed by atoms with E-state index in [0.29, 0.717) is 21.7 Å². The average Bonchev–Trinajstić information content (AvgIpc) is 2.56. The largest absolute Gasteiger partial charge is 0.504 e. The Bertz CT molecular complexity index is 726. The van der Waals surface area contributed by atoms with Gasteiger partial charge in [-0.3, -0.25) is 0 Å². The van der Waals surface area contributed by atoms with E-state index in [9.17, 15) is 5.11 Å². The molecule has 2 nitrogen and oxygen atoms in total. The third-order valence-corrected chi connectivity index (χ3v) is 5.47. The fourth-order valence-corrected chi connectivity index (χ4v) is 3.60. The summed E-state index contributed by atoms with van der Waals surface area (Å²) in [6.45, 7) is 6.76.